The SMILES string of the molecule is O=C(N1CCO[C@@H]2COCC[C@@H]21)C1(c2cccnc2)CC2(CCC2)C1. The van der Waals surface area contributed by atoms with E-state index in [1.165, 1.54) is 19.3 Å². The molecule has 25 heavy (non-hydrogen) atoms. The highest BCUT2D eigenvalue weighted by Gasteiger charge is 2.63. The van der Waals surface area contributed by atoms with Crippen molar-refractivity contribution in [3.05, 3.63) is 30.1 Å². The third-order valence-corrected chi connectivity index (χ3v) is 6.99. The predicted molar refractivity (Wildman–Crippen MR) is 92.1 cm³/mol. The van der Waals surface area contributed by atoms with E-state index < -0.39 is 0 Å². The zero-order valence-electron chi connectivity index (χ0n) is 14.7. The summed E-state index contributed by atoms with van der Waals surface area (Å²) in [6, 6.07) is 4.23. The Morgan fingerprint density at radius 2 is 2.16 bits per heavy atom. The largest absolute Gasteiger partial charge is 0.379 e. The first-order valence-corrected chi connectivity index (χ1v) is 9.64. The molecular weight excluding hydrogens is 316 g/mol. The van der Waals surface area contributed by atoms with Gasteiger partial charge in [0.2, 0.25) is 5.91 Å². The number of pyridine rings is 1. The second kappa shape index (κ2) is 5.78. The number of ether oxygens (including phenoxy) is 2. The highest BCUT2D eigenvalue weighted by Crippen LogP contribution is 2.65. The number of rotatable bonds is 2. The summed E-state index contributed by atoms with van der Waals surface area (Å²) in [7, 11) is 0. The molecule has 0 bridgehead atoms. The normalized spacial score (nSPS) is 32.4. The van der Waals surface area contributed by atoms with Crippen LogP contribution < -0.4 is 0 Å². The molecule has 0 N–H and O–H groups in total. The Balaban J connectivity index is 1.46. The van der Waals surface area contributed by atoms with E-state index in [-0.39, 0.29) is 17.6 Å². The van der Waals surface area contributed by atoms with E-state index in [1.54, 1.807) is 6.20 Å². The lowest BCUT2D eigenvalue weighted by Gasteiger charge is -2.62. The topological polar surface area (TPSA) is 51.7 Å². The predicted octanol–water partition coefficient (Wildman–Crippen LogP) is 2.30. The van der Waals surface area contributed by atoms with Crippen LogP contribution in [0.15, 0.2) is 24.5 Å². The van der Waals surface area contributed by atoms with Gasteiger partial charge in [-0.05, 0) is 49.1 Å². The third kappa shape index (κ3) is 2.36. The quantitative estimate of drug-likeness (QED) is 0.828. The molecule has 2 aliphatic carbocycles. The van der Waals surface area contributed by atoms with Crippen molar-refractivity contribution < 1.29 is 14.3 Å². The number of morpholine rings is 1. The number of fused-ring (bicyclic) bond motifs is 1. The van der Waals surface area contributed by atoms with Crippen LogP contribution in [0.2, 0.25) is 0 Å². The molecule has 1 amide bonds. The molecule has 2 saturated carbocycles. The zero-order chi connectivity index (χ0) is 16.9. The van der Waals surface area contributed by atoms with Crippen LogP contribution >= 0.6 is 0 Å². The molecule has 134 valence electrons. The standard InChI is InChI=1S/C20H26N2O3/c23-18(22-8-10-25-17-12-24-9-4-16(17)22)20(15-3-1-7-21-11-15)13-19(14-20)5-2-6-19/h1,3,7,11,16-17H,2,4-6,8-10,12-14H2/t16-,17+/m0/s1. The Morgan fingerprint density at radius 3 is 2.88 bits per heavy atom. The fourth-order valence-corrected chi connectivity index (χ4v) is 5.60. The van der Waals surface area contributed by atoms with Gasteiger partial charge in [0, 0.05) is 25.5 Å². The Bertz CT molecular complexity index is 648. The van der Waals surface area contributed by atoms with Gasteiger partial charge in [-0.25, -0.2) is 0 Å². The van der Waals surface area contributed by atoms with Crippen LogP contribution in [0.5, 0.6) is 0 Å². The lowest BCUT2D eigenvalue weighted by atomic mass is 9.43. The van der Waals surface area contributed by atoms with E-state index in [4.69, 9.17) is 9.47 Å². The molecule has 1 aromatic rings. The van der Waals surface area contributed by atoms with Crippen molar-refractivity contribution in [3.63, 3.8) is 0 Å². The molecule has 0 unspecified atom stereocenters. The van der Waals surface area contributed by atoms with Crippen molar-refractivity contribution in [1.82, 2.24) is 9.88 Å². The summed E-state index contributed by atoms with van der Waals surface area (Å²) in [6.07, 6.45) is 10.5. The summed E-state index contributed by atoms with van der Waals surface area (Å²) in [6.45, 7) is 2.65. The molecule has 4 aliphatic rings. The minimum atomic E-state index is -0.366. The van der Waals surface area contributed by atoms with Gasteiger partial charge in [-0.15, -0.1) is 0 Å². The van der Waals surface area contributed by atoms with Crippen LogP contribution in [0, 0.1) is 5.41 Å². The Labute approximate surface area is 148 Å². The number of hydrogen-bond acceptors (Lipinski definition) is 4. The maximum atomic E-state index is 13.8. The summed E-state index contributed by atoms with van der Waals surface area (Å²) >= 11 is 0. The summed E-state index contributed by atoms with van der Waals surface area (Å²) in [4.78, 5) is 20.2. The van der Waals surface area contributed by atoms with Crippen molar-refractivity contribution in [3.8, 4) is 0 Å². The molecular formula is C20H26N2O3. The van der Waals surface area contributed by atoms with Crippen LogP contribution in [0.1, 0.15) is 44.1 Å². The maximum absolute atomic E-state index is 13.8. The first-order chi connectivity index (χ1) is 12.2. The van der Waals surface area contributed by atoms with Gasteiger partial charge in [-0.2, -0.15) is 0 Å². The molecule has 2 atom stereocenters. The van der Waals surface area contributed by atoms with E-state index in [1.807, 2.05) is 12.3 Å². The number of amides is 1. The van der Waals surface area contributed by atoms with Gasteiger partial charge in [0.25, 0.3) is 0 Å². The first-order valence-electron chi connectivity index (χ1n) is 9.64. The van der Waals surface area contributed by atoms with E-state index >= 15 is 0 Å². The third-order valence-electron chi connectivity index (χ3n) is 6.99. The summed E-state index contributed by atoms with van der Waals surface area (Å²) < 4.78 is 11.4. The summed E-state index contributed by atoms with van der Waals surface area (Å²) in [5.41, 5.74) is 1.16. The smallest absolute Gasteiger partial charge is 0.233 e. The highest BCUT2D eigenvalue weighted by atomic mass is 16.5. The molecule has 1 spiro atoms. The molecule has 2 aliphatic heterocycles. The number of nitrogens with zero attached hydrogens (tertiary/aromatic N) is 2. The minimum absolute atomic E-state index is 0.0372. The molecule has 0 radical (unpaired) electrons. The van der Waals surface area contributed by atoms with Crippen molar-refractivity contribution in [2.45, 2.75) is 56.1 Å². The van der Waals surface area contributed by atoms with Gasteiger partial charge in [0.15, 0.2) is 0 Å². The van der Waals surface area contributed by atoms with Gasteiger partial charge < -0.3 is 14.4 Å². The maximum Gasteiger partial charge on any atom is 0.233 e. The van der Waals surface area contributed by atoms with Crippen LogP contribution in [0.25, 0.3) is 0 Å². The van der Waals surface area contributed by atoms with Gasteiger partial charge in [0.1, 0.15) is 6.10 Å². The second-order valence-electron chi connectivity index (χ2n) is 8.37. The van der Waals surface area contributed by atoms with E-state index in [9.17, 15) is 4.79 Å². The van der Waals surface area contributed by atoms with Gasteiger partial charge in [-0.1, -0.05) is 12.5 Å². The summed E-state index contributed by atoms with van der Waals surface area (Å²) in [5.74, 6) is 0.304. The fourth-order valence-electron chi connectivity index (χ4n) is 5.60. The van der Waals surface area contributed by atoms with Crippen LogP contribution in [-0.4, -0.2) is 54.3 Å². The summed E-state index contributed by atoms with van der Waals surface area (Å²) in [5, 5.41) is 0. The van der Waals surface area contributed by atoms with Gasteiger partial charge >= 0.3 is 0 Å². The average Bonchev–Trinajstić information content (AvgIpc) is 2.60. The molecule has 2 saturated heterocycles. The molecule has 0 aromatic carbocycles. The highest BCUT2D eigenvalue weighted by molar-refractivity contribution is 5.90. The van der Waals surface area contributed by atoms with E-state index in [0.717, 1.165) is 31.4 Å². The van der Waals surface area contributed by atoms with Gasteiger partial charge in [0.05, 0.1) is 24.7 Å². The van der Waals surface area contributed by atoms with Crippen molar-refractivity contribution in [2.75, 3.05) is 26.4 Å². The molecule has 4 fully saturated rings. The Hall–Kier alpha value is -1.46. The fraction of sp³-hybridized carbons (Fsp3) is 0.700. The van der Waals surface area contributed by atoms with Crippen molar-refractivity contribution >= 4 is 5.91 Å². The molecule has 3 heterocycles. The lowest BCUT2D eigenvalue weighted by Crippen LogP contribution is -2.66. The zero-order valence-corrected chi connectivity index (χ0v) is 14.7. The molecule has 5 nitrogen and oxygen atoms in total. The Morgan fingerprint density at radius 1 is 1.28 bits per heavy atom. The number of hydrogen-bond donors (Lipinski definition) is 0. The van der Waals surface area contributed by atoms with Crippen molar-refractivity contribution in [1.29, 1.82) is 0 Å². The minimum Gasteiger partial charge on any atom is -0.379 e. The number of carbonyl (C=O) groups is 1. The van der Waals surface area contributed by atoms with E-state index in [0.29, 0.717) is 31.1 Å². The Kier molecular flexibility index (Phi) is 3.64. The molecule has 5 rings (SSSR count). The van der Waals surface area contributed by atoms with Crippen LogP contribution in [-0.2, 0) is 19.7 Å². The monoisotopic (exact) mass is 342 g/mol. The van der Waals surface area contributed by atoms with Gasteiger partial charge in [-0.3, -0.25) is 9.78 Å². The number of carbonyl (C=O) groups excluding carboxylic acids is 1. The van der Waals surface area contributed by atoms with Crippen LogP contribution in [0.4, 0.5) is 0 Å². The average molecular weight is 342 g/mol. The number of aromatic nitrogens is 1. The van der Waals surface area contributed by atoms with E-state index in [2.05, 4.69) is 16.0 Å². The second-order valence-corrected chi connectivity index (χ2v) is 8.37. The van der Waals surface area contributed by atoms with Crippen LogP contribution in [0.3, 0.4) is 0 Å². The lowest BCUT2D eigenvalue weighted by molar-refractivity contribution is -0.178. The molecule has 5 heteroatoms. The molecule has 1 aromatic heterocycles. The van der Waals surface area contributed by atoms with Crippen molar-refractivity contribution in [2.24, 2.45) is 5.41 Å². The first kappa shape index (κ1) is 15.8.